The maximum atomic E-state index is 0. The average Bonchev–Trinajstić information content (AvgIpc) is 0. The molecule has 0 unspecified atom stereocenters. The number of hydrogen-bond donors (Lipinski definition) is 0. The number of rotatable bonds is 0. The van der Waals surface area contributed by atoms with Gasteiger partial charge in [0.05, 0.1) is 0 Å². The second-order valence-electron chi connectivity index (χ2n) is 0. The van der Waals surface area contributed by atoms with E-state index in [1.165, 1.54) is 0 Å². The smallest absolute Gasteiger partial charge is 1.00 e. The molecule has 0 aromatic heterocycles. The van der Waals surface area contributed by atoms with E-state index in [0.29, 0.717) is 0 Å². The van der Waals surface area contributed by atoms with E-state index in [0.717, 1.165) is 0 Å². The van der Waals surface area contributed by atoms with Crippen molar-refractivity contribution >= 4 is 0 Å². The summed E-state index contributed by atoms with van der Waals surface area (Å²) in [4.78, 5) is 0. The van der Waals surface area contributed by atoms with E-state index >= 15 is 0 Å². The van der Waals surface area contributed by atoms with Crippen LogP contribution in [0.5, 0.6) is 0 Å². The van der Waals surface area contributed by atoms with Crippen LogP contribution >= 0.6 is 0 Å². The Balaban J connectivity index is 0. The van der Waals surface area contributed by atoms with Gasteiger partial charge in [-0.3, -0.25) is 0 Å². The molecular weight excluding hydrogens is 499 g/mol. The molecule has 0 atom stereocenters. The van der Waals surface area contributed by atoms with E-state index in [1.54, 1.807) is 0 Å². The fraction of sp³-hybridized carbons (Fsp3) is 0. The van der Waals surface area contributed by atoms with Gasteiger partial charge in [0, 0.05) is 25.8 Å². The molecule has 0 aliphatic rings. The fourth-order valence-electron chi connectivity index (χ4n) is 0. The molecule has 0 aromatic carbocycles. The van der Waals surface area contributed by atoms with Crippen LogP contribution < -0.4 is 49.6 Å². The molecule has 0 radical (unpaired) electrons. The molecule has 0 fully saturated rings. The van der Waals surface area contributed by atoms with Gasteiger partial charge in [-0.05, 0) is 0 Å². The molecule has 0 saturated heterocycles. The van der Waals surface area contributed by atoms with Gasteiger partial charge in [0.2, 0.25) is 0 Å². The van der Waals surface area contributed by atoms with Crippen LogP contribution in [0.2, 0.25) is 0 Å². The van der Waals surface area contributed by atoms with Crippen LogP contribution in [-0.2, 0) is 51.7 Å². The largest absolute Gasteiger partial charge is 4.00 e. The van der Waals surface area contributed by atoms with Crippen molar-refractivity contribution in [3.8, 4) is 0 Å². The van der Waals surface area contributed by atoms with Crippen LogP contribution in [0.3, 0.4) is 0 Å². The van der Waals surface area contributed by atoms with E-state index in [9.17, 15) is 0 Å². The maximum Gasteiger partial charge on any atom is 4.00 e. The second-order valence-corrected chi connectivity index (χ2v) is 0. The normalized spacial score (nSPS) is 0. The standard InChI is InChI=1S/4ClH.2Hf/h4*1H;;/q;;;;;+4/p-4. The summed E-state index contributed by atoms with van der Waals surface area (Å²) in [5.41, 5.74) is 0. The minimum Gasteiger partial charge on any atom is -1.00 e. The Kier molecular flexibility index (Phi) is 492. The molecule has 0 spiro atoms. The van der Waals surface area contributed by atoms with E-state index < -0.39 is 0 Å². The van der Waals surface area contributed by atoms with Crippen molar-refractivity contribution < 1.29 is 101 Å². The van der Waals surface area contributed by atoms with Gasteiger partial charge in [0.15, 0.2) is 0 Å². The SMILES string of the molecule is [Cl-].[Cl-].[Cl-].[Cl-].[Hf+4].[Hf]. The molecule has 0 bridgehead atoms. The van der Waals surface area contributed by atoms with Gasteiger partial charge < -0.3 is 49.6 Å². The molecule has 0 aliphatic heterocycles. The van der Waals surface area contributed by atoms with Crippen molar-refractivity contribution in [2.75, 3.05) is 0 Å². The quantitative estimate of drug-likeness (QED) is 0.291. The molecule has 0 aromatic rings. The molecule has 0 aliphatic carbocycles. The van der Waals surface area contributed by atoms with E-state index in [1.807, 2.05) is 0 Å². The van der Waals surface area contributed by atoms with Crippen molar-refractivity contribution in [3.05, 3.63) is 0 Å². The first kappa shape index (κ1) is 66.0. The topological polar surface area (TPSA) is 0 Å². The first-order valence-electron chi connectivity index (χ1n) is 0. The average molecular weight is 499 g/mol. The summed E-state index contributed by atoms with van der Waals surface area (Å²) in [6.07, 6.45) is 0. The zero-order valence-electron chi connectivity index (χ0n) is 2.51. The molecule has 0 saturated carbocycles. The number of halogens is 4. The van der Waals surface area contributed by atoms with Crippen molar-refractivity contribution in [3.63, 3.8) is 0 Å². The van der Waals surface area contributed by atoms with Crippen LogP contribution in [-0.4, -0.2) is 0 Å². The van der Waals surface area contributed by atoms with Crippen LogP contribution in [0, 0.1) is 0 Å². The minimum absolute atomic E-state index is 0. The zero-order valence-corrected chi connectivity index (χ0v) is 12.7. The van der Waals surface area contributed by atoms with Crippen molar-refractivity contribution in [2.45, 2.75) is 0 Å². The summed E-state index contributed by atoms with van der Waals surface area (Å²) in [7, 11) is 0. The monoisotopic (exact) mass is 500 g/mol. The Morgan fingerprint density at radius 2 is 0.500 bits per heavy atom. The molecule has 0 nitrogen and oxygen atoms in total. The summed E-state index contributed by atoms with van der Waals surface area (Å²) < 4.78 is 0. The number of hydrogen-bond acceptors (Lipinski definition) is 0. The Hall–Kier alpha value is 2.90. The molecule has 6 heteroatoms. The summed E-state index contributed by atoms with van der Waals surface area (Å²) in [5, 5.41) is 0. The summed E-state index contributed by atoms with van der Waals surface area (Å²) in [6, 6.07) is 0. The van der Waals surface area contributed by atoms with Gasteiger partial charge in [-0.15, -0.1) is 0 Å². The Morgan fingerprint density at radius 1 is 0.500 bits per heavy atom. The van der Waals surface area contributed by atoms with Crippen LogP contribution in [0.15, 0.2) is 0 Å². The van der Waals surface area contributed by atoms with Gasteiger partial charge in [-0.2, -0.15) is 0 Å². The van der Waals surface area contributed by atoms with Crippen molar-refractivity contribution in [2.24, 2.45) is 0 Å². The third kappa shape index (κ3) is 28.6. The molecule has 6 heavy (non-hydrogen) atoms. The third-order valence-electron chi connectivity index (χ3n) is 0. The maximum absolute atomic E-state index is 0. The van der Waals surface area contributed by atoms with Gasteiger partial charge in [-0.25, -0.2) is 0 Å². The van der Waals surface area contributed by atoms with Crippen molar-refractivity contribution in [1.29, 1.82) is 0 Å². The molecule has 36 valence electrons. The Labute approximate surface area is 99.8 Å². The Bertz CT molecular complexity index is 5.51. The first-order valence-corrected chi connectivity index (χ1v) is 0. The first-order chi connectivity index (χ1) is 0. The Morgan fingerprint density at radius 3 is 0.500 bits per heavy atom. The van der Waals surface area contributed by atoms with Gasteiger partial charge in [0.1, 0.15) is 0 Å². The van der Waals surface area contributed by atoms with Gasteiger partial charge in [-0.1, -0.05) is 0 Å². The third-order valence-corrected chi connectivity index (χ3v) is 0. The summed E-state index contributed by atoms with van der Waals surface area (Å²) >= 11 is 0. The zero-order chi connectivity index (χ0) is 0. The molecule has 0 heterocycles. The molecule has 0 rings (SSSR count). The van der Waals surface area contributed by atoms with E-state index in [2.05, 4.69) is 0 Å². The van der Waals surface area contributed by atoms with E-state index in [4.69, 9.17) is 0 Å². The van der Waals surface area contributed by atoms with Gasteiger partial charge >= 0.3 is 25.8 Å². The predicted octanol–water partition coefficient (Wildman–Crippen LogP) is -12.0. The second kappa shape index (κ2) is 44.7. The van der Waals surface area contributed by atoms with Gasteiger partial charge in [0.25, 0.3) is 0 Å². The summed E-state index contributed by atoms with van der Waals surface area (Å²) in [6.45, 7) is 0. The van der Waals surface area contributed by atoms with Crippen molar-refractivity contribution in [1.82, 2.24) is 0 Å². The molecule has 0 amide bonds. The molecular formula is Cl4Hf2. The molecule has 0 N–H and O–H groups in total. The fourth-order valence-corrected chi connectivity index (χ4v) is 0. The minimum atomic E-state index is 0. The predicted molar refractivity (Wildman–Crippen MR) is 0 cm³/mol. The van der Waals surface area contributed by atoms with E-state index in [-0.39, 0.29) is 101 Å². The van der Waals surface area contributed by atoms with Crippen LogP contribution in [0.25, 0.3) is 0 Å². The van der Waals surface area contributed by atoms with Crippen LogP contribution in [0.1, 0.15) is 0 Å². The summed E-state index contributed by atoms with van der Waals surface area (Å²) in [5.74, 6) is 0. The van der Waals surface area contributed by atoms with Crippen LogP contribution in [0.4, 0.5) is 0 Å².